The van der Waals surface area contributed by atoms with Crippen LogP contribution in [0, 0.1) is 0 Å². The molecule has 7 nitrogen and oxygen atoms in total. The van der Waals surface area contributed by atoms with Gasteiger partial charge in [0.2, 0.25) is 0 Å². The van der Waals surface area contributed by atoms with Crippen LogP contribution in [0.3, 0.4) is 0 Å². The lowest BCUT2D eigenvalue weighted by atomic mass is 10.4. The van der Waals surface area contributed by atoms with Crippen molar-refractivity contribution in [2.24, 2.45) is 0 Å². The van der Waals surface area contributed by atoms with Gasteiger partial charge >= 0.3 is 0 Å². The maximum atomic E-state index is 9.17. The average Bonchev–Trinajstić information content (AvgIpc) is 2.49. The van der Waals surface area contributed by atoms with Crippen LogP contribution in [0.5, 0.6) is 0 Å². The first kappa shape index (κ1) is 16.6. The molecule has 0 fully saturated rings. The lowest BCUT2D eigenvalue weighted by molar-refractivity contribution is 0.128. The van der Waals surface area contributed by atoms with E-state index in [2.05, 4.69) is 15.3 Å². The number of methoxy groups -OCH3 is 1. The summed E-state index contributed by atoms with van der Waals surface area (Å²) >= 11 is 0. The highest BCUT2D eigenvalue weighted by Crippen LogP contribution is 2.16. The molecule has 20 heavy (non-hydrogen) atoms. The van der Waals surface area contributed by atoms with Gasteiger partial charge in [-0.2, -0.15) is 0 Å². The number of nitrogens with one attached hydrogen (secondary N) is 1. The maximum absolute atomic E-state index is 9.17. The first-order chi connectivity index (χ1) is 9.74. The normalized spacial score (nSPS) is 10.6. The topological polar surface area (TPSA) is 79.7 Å². The molecule has 2 N–H and O–H groups in total. The number of hydrogen-bond acceptors (Lipinski definition) is 7. The van der Waals surface area contributed by atoms with Crippen molar-refractivity contribution in [2.45, 2.75) is 13.5 Å². The predicted molar refractivity (Wildman–Crippen MR) is 78.1 cm³/mol. The molecular weight excluding hydrogens is 260 g/mol. The largest absolute Gasteiger partial charge is 0.395 e. The molecule has 1 aromatic heterocycles. The second kappa shape index (κ2) is 9.46. The zero-order valence-corrected chi connectivity index (χ0v) is 12.4. The molecule has 1 heterocycles. The summed E-state index contributed by atoms with van der Waals surface area (Å²) in [4.78, 5) is 10.8. The van der Waals surface area contributed by atoms with Gasteiger partial charge in [0.15, 0.2) is 5.82 Å². The molecule has 0 aliphatic carbocycles. The fourth-order valence-corrected chi connectivity index (χ4v) is 1.69. The van der Waals surface area contributed by atoms with Crippen LogP contribution in [-0.2, 0) is 16.1 Å². The molecule has 0 aliphatic rings. The molecule has 0 saturated carbocycles. The van der Waals surface area contributed by atoms with Crippen molar-refractivity contribution >= 4 is 11.6 Å². The van der Waals surface area contributed by atoms with E-state index in [1.54, 1.807) is 7.11 Å². The molecule has 1 rings (SSSR count). The first-order valence-electron chi connectivity index (χ1n) is 6.73. The molecule has 0 saturated heterocycles. The van der Waals surface area contributed by atoms with Gasteiger partial charge in [0, 0.05) is 39.9 Å². The Morgan fingerprint density at radius 1 is 1.35 bits per heavy atom. The average molecular weight is 284 g/mol. The van der Waals surface area contributed by atoms with Crippen LogP contribution in [0.25, 0.3) is 0 Å². The minimum absolute atomic E-state index is 0.0589. The number of nitrogens with zero attached hydrogens (tertiary/aromatic N) is 3. The summed E-state index contributed by atoms with van der Waals surface area (Å²) in [6.45, 7) is 4.70. The van der Waals surface area contributed by atoms with Gasteiger partial charge in [-0.25, -0.2) is 9.97 Å². The monoisotopic (exact) mass is 284 g/mol. The van der Waals surface area contributed by atoms with Crippen LogP contribution in [0.2, 0.25) is 0 Å². The minimum Gasteiger partial charge on any atom is -0.395 e. The summed E-state index contributed by atoms with van der Waals surface area (Å²) in [5, 5.41) is 12.2. The second-order valence-corrected chi connectivity index (χ2v) is 4.12. The number of ether oxygens (including phenoxy) is 2. The second-order valence-electron chi connectivity index (χ2n) is 4.12. The number of aliphatic hydroxyl groups is 1. The third-order valence-corrected chi connectivity index (χ3v) is 2.71. The van der Waals surface area contributed by atoms with E-state index in [0.29, 0.717) is 38.7 Å². The molecule has 0 aliphatic heterocycles. The Hall–Kier alpha value is -1.44. The summed E-state index contributed by atoms with van der Waals surface area (Å²) in [5.74, 6) is 2.10. The summed E-state index contributed by atoms with van der Waals surface area (Å²) < 4.78 is 10.4. The van der Waals surface area contributed by atoms with Crippen molar-refractivity contribution in [3.8, 4) is 0 Å². The van der Waals surface area contributed by atoms with E-state index < -0.39 is 0 Å². The summed E-state index contributed by atoms with van der Waals surface area (Å²) in [6, 6.07) is 1.85. The lowest BCUT2D eigenvalue weighted by Gasteiger charge is -2.23. The summed E-state index contributed by atoms with van der Waals surface area (Å²) in [6.07, 6.45) is 0. The van der Waals surface area contributed by atoms with E-state index in [1.807, 2.05) is 24.9 Å². The molecule has 7 heteroatoms. The van der Waals surface area contributed by atoms with Gasteiger partial charge in [-0.15, -0.1) is 0 Å². The Bertz CT molecular complexity index is 390. The molecule has 0 aromatic carbocycles. The summed E-state index contributed by atoms with van der Waals surface area (Å²) in [5.41, 5.74) is 0. The highest BCUT2D eigenvalue weighted by molar-refractivity contribution is 5.49. The quantitative estimate of drug-likeness (QED) is 0.647. The Morgan fingerprint density at radius 3 is 2.75 bits per heavy atom. The molecular formula is C13H24N4O3. The van der Waals surface area contributed by atoms with Crippen molar-refractivity contribution in [1.82, 2.24) is 9.97 Å². The van der Waals surface area contributed by atoms with Crippen molar-refractivity contribution < 1.29 is 14.6 Å². The number of hydrogen-bond donors (Lipinski definition) is 2. The predicted octanol–water partition coefficient (Wildman–Crippen LogP) is 0.500. The third-order valence-electron chi connectivity index (χ3n) is 2.71. The fraction of sp³-hybridized carbons (Fsp3) is 0.692. The van der Waals surface area contributed by atoms with Crippen molar-refractivity contribution in [1.29, 1.82) is 0 Å². The Kier molecular flexibility index (Phi) is 7.86. The van der Waals surface area contributed by atoms with Crippen LogP contribution in [0.15, 0.2) is 6.07 Å². The van der Waals surface area contributed by atoms with Gasteiger partial charge in [-0.1, -0.05) is 0 Å². The SMILES string of the molecule is CCOCc1nc(NC)cc(N(CCO)CCOC)n1. The van der Waals surface area contributed by atoms with Gasteiger partial charge in [-0.3, -0.25) is 0 Å². The Balaban J connectivity index is 2.92. The van der Waals surface area contributed by atoms with E-state index in [9.17, 15) is 0 Å². The molecule has 0 amide bonds. The van der Waals surface area contributed by atoms with Gasteiger partial charge < -0.3 is 24.8 Å². The van der Waals surface area contributed by atoms with E-state index in [0.717, 1.165) is 11.6 Å². The van der Waals surface area contributed by atoms with Gasteiger partial charge in [-0.05, 0) is 6.92 Å². The van der Waals surface area contributed by atoms with Crippen LogP contribution < -0.4 is 10.2 Å². The van der Waals surface area contributed by atoms with Gasteiger partial charge in [0.05, 0.1) is 13.2 Å². The van der Waals surface area contributed by atoms with Crippen molar-refractivity contribution in [2.75, 3.05) is 57.3 Å². The number of aromatic nitrogens is 2. The molecule has 114 valence electrons. The van der Waals surface area contributed by atoms with Gasteiger partial charge in [0.25, 0.3) is 0 Å². The lowest BCUT2D eigenvalue weighted by Crippen LogP contribution is -2.31. The zero-order valence-electron chi connectivity index (χ0n) is 12.4. The number of aliphatic hydroxyl groups excluding tert-OH is 1. The molecule has 0 bridgehead atoms. The zero-order chi connectivity index (χ0) is 14.8. The van der Waals surface area contributed by atoms with Crippen LogP contribution >= 0.6 is 0 Å². The molecule has 0 atom stereocenters. The van der Waals surface area contributed by atoms with Crippen molar-refractivity contribution in [3.63, 3.8) is 0 Å². The van der Waals surface area contributed by atoms with Crippen LogP contribution in [0.1, 0.15) is 12.7 Å². The molecule has 0 unspecified atom stereocenters. The Morgan fingerprint density at radius 2 is 2.15 bits per heavy atom. The maximum Gasteiger partial charge on any atom is 0.158 e. The smallest absolute Gasteiger partial charge is 0.158 e. The van der Waals surface area contributed by atoms with E-state index >= 15 is 0 Å². The third kappa shape index (κ3) is 5.28. The molecule has 1 aromatic rings. The minimum atomic E-state index is 0.0589. The number of anilines is 2. The highest BCUT2D eigenvalue weighted by atomic mass is 16.5. The van der Waals surface area contributed by atoms with Gasteiger partial charge in [0.1, 0.15) is 18.2 Å². The first-order valence-corrected chi connectivity index (χ1v) is 6.73. The van der Waals surface area contributed by atoms with Crippen LogP contribution in [-0.4, -0.2) is 62.1 Å². The Labute approximate surface area is 119 Å². The number of rotatable bonds is 10. The fourth-order valence-electron chi connectivity index (χ4n) is 1.69. The van der Waals surface area contributed by atoms with Crippen LogP contribution in [0.4, 0.5) is 11.6 Å². The summed E-state index contributed by atoms with van der Waals surface area (Å²) in [7, 11) is 3.46. The van der Waals surface area contributed by atoms with E-state index in [-0.39, 0.29) is 6.61 Å². The van der Waals surface area contributed by atoms with E-state index in [1.165, 1.54) is 0 Å². The van der Waals surface area contributed by atoms with E-state index in [4.69, 9.17) is 14.6 Å². The standard InChI is InChI=1S/C13H24N4O3/c1-4-20-10-12-15-11(14-2)9-13(16-12)17(5-7-18)6-8-19-3/h9,18H,4-8,10H2,1-3H3,(H,14,15,16). The molecule has 0 spiro atoms. The van der Waals surface area contributed by atoms with Crippen molar-refractivity contribution in [3.05, 3.63) is 11.9 Å². The highest BCUT2D eigenvalue weighted by Gasteiger charge is 2.11. The molecule has 0 radical (unpaired) electrons.